The number of hydrogen-bond acceptors (Lipinski definition) is 2. The Bertz CT molecular complexity index is 824. The van der Waals surface area contributed by atoms with E-state index < -0.39 is 0 Å². The first-order valence-corrected chi connectivity index (χ1v) is 8.50. The van der Waals surface area contributed by atoms with Gasteiger partial charge in [-0.3, -0.25) is 9.59 Å². The molecule has 1 N–H and O–H groups in total. The Labute approximate surface area is 135 Å². The minimum Gasteiger partial charge on any atom is -0.326 e. The molecule has 2 saturated carbocycles. The maximum absolute atomic E-state index is 12.4. The van der Waals surface area contributed by atoms with Crippen molar-refractivity contribution in [1.29, 1.82) is 0 Å². The van der Waals surface area contributed by atoms with Gasteiger partial charge in [-0.25, -0.2) is 0 Å². The Morgan fingerprint density at radius 3 is 2.83 bits per heavy atom. The summed E-state index contributed by atoms with van der Waals surface area (Å²) in [6.45, 7) is 0. The number of pyridine rings is 1. The molecule has 120 valence electrons. The topological polar surface area (TPSA) is 51.1 Å². The molecule has 0 radical (unpaired) electrons. The molecule has 1 aromatic carbocycles. The Morgan fingerprint density at radius 1 is 1.22 bits per heavy atom. The molecular weight excluding hydrogens is 288 g/mol. The van der Waals surface area contributed by atoms with Crippen LogP contribution in [0.1, 0.15) is 32.1 Å². The molecule has 1 amide bonds. The standard InChI is InChI=1S/C19H22N2O2/c1-21-8-7-15-16(19(21)23)3-2-4-17(15)20-18(22)11-14-10-12-5-6-13(14)9-12/h2-4,7-8,12-14H,5-6,9-11H2,1H3,(H,20,22)/t12?,13-,14?/m0/s1. The molecule has 0 aliphatic heterocycles. The van der Waals surface area contributed by atoms with Gasteiger partial charge in [-0.2, -0.15) is 0 Å². The van der Waals surface area contributed by atoms with E-state index >= 15 is 0 Å². The second kappa shape index (κ2) is 5.52. The van der Waals surface area contributed by atoms with E-state index in [2.05, 4.69) is 5.32 Å². The van der Waals surface area contributed by atoms with E-state index in [1.165, 1.54) is 25.7 Å². The molecular formula is C19H22N2O2. The normalized spacial score (nSPS) is 25.9. The van der Waals surface area contributed by atoms with Gasteiger partial charge in [0.25, 0.3) is 5.56 Å². The number of aryl methyl sites for hydroxylation is 1. The second-order valence-electron chi connectivity index (χ2n) is 7.19. The number of rotatable bonds is 3. The summed E-state index contributed by atoms with van der Waals surface area (Å²) in [4.78, 5) is 24.6. The number of nitrogens with zero attached hydrogens (tertiary/aromatic N) is 1. The number of benzene rings is 1. The third-order valence-electron chi connectivity index (χ3n) is 5.73. The van der Waals surface area contributed by atoms with E-state index in [9.17, 15) is 9.59 Å². The van der Waals surface area contributed by atoms with Crippen LogP contribution in [-0.2, 0) is 11.8 Å². The predicted octanol–water partition coefficient (Wildman–Crippen LogP) is 3.30. The number of fused-ring (bicyclic) bond motifs is 3. The van der Waals surface area contributed by atoms with Crippen LogP contribution in [0.4, 0.5) is 5.69 Å². The van der Waals surface area contributed by atoms with Crippen LogP contribution in [0.25, 0.3) is 10.8 Å². The molecule has 2 fully saturated rings. The van der Waals surface area contributed by atoms with Crippen molar-refractivity contribution in [2.75, 3.05) is 5.32 Å². The number of carbonyl (C=O) groups excluding carboxylic acids is 1. The number of carbonyl (C=O) groups is 1. The lowest BCUT2D eigenvalue weighted by molar-refractivity contribution is -0.117. The summed E-state index contributed by atoms with van der Waals surface area (Å²) >= 11 is 0. The molecule has 2 aliphatic carbocycles. The van der Waals surface area contributed by atoms with E-state index in [-0.39, 0.29) is 11.5 Å². The Balaban J connectivity index is 1.54. The Morgan fingerprint density at radius 2 is 2.09 bits per heavy atom. The zero-order valence-corrected chi connectivity index (χ0v) is 13.4. The summed E-state index contributed by atoms with van der Waals surface area (Å²) in [7, 11) is 1.74. The summed E-state index contributed by atoms with van der Waals surface area (Å²) in [6.07, 6.45) is 7.55. The van der Waals surface area contributed by atoms with E-state index in [0.29, 0.717) is 17.7 Å². The molecule has 2 unspecified atom stereocenters. The Kier molecular flexibility index (Phi) is 3.47. The van der Waals surface area contributed by atoms with Gasteiger partial charge >= 0.3 is 0 Å². The zero-order chi connectivity index (χ0) is 16.0. The van der Waals surface area contributed by atoms with Crippen molar-refractivity contribution in [2.45, 2.75) is 32.1 Å². The van der Waals surface area contributed by atoms with Crippen molar-refractivity contribution in [3.05, 3.63) is 40.8 Å². The third kappa shape index (κ3) is 2.56. The second-order valence-corrected chi connectivity index (χ2v) is 7.19. The van der Waals surface area contributed by atoms with Gasteiger partial charge < -0.3 is 9.88 Å². The summed E-state index contributed by atoms with van der Waals surface area (Å²) in [6, 6.07) is 7.41. The molecule has 2 aliphatic rings. The highest BCUT2D eigenvalue weighted by atomic mass is 16.1. The third-order valence-corrected chi connectivity index (χ3v) is 5.73. The van der Waals surface area contributed by atoms with Crippen molar-refractivity contribution in [3.8, 4) is 0 Å². The number of hydrogen-bond donors (Lipinski definition) is 1. The molecule has 4 nitrogen and oxygen atoms in total. The Hall–Kier alpha value is -2.10. The molecule has 1 heterocycles. The van der Waals surface area contributed by atoms with Gasteiger partial charge in [0, 0.05) is 36.1 Å². The lowest BCUT2D eigenvalue weighted by Gasteiger charge is -2.21. The summed E-state index contributed by atoms with van der Waals surface area (Å²) < 4.78 is 1.56. The molecule has 2 aromatic rings. The fraction of sp³-hybridized carbons (Fsp3) is 0.474. The van der Waals surface area contributed by atoms with Crippen molar-refractivity contribution >= 4 is 22.4 Å². The minimum absolute atomic E-state index is 0.0355. The quantitative estimate of drug-likeness (QED) is 0.945. The fourth-order valence-corrected chi connectivity index (χ4v) is 4.55. The van der Waals surface area contributed by atoms with Gasteiger partial charge in [0.1, 0.15) is 0 Å². The molecule has 0 spiro atoms. The van der Waals surface area contributed by atoms with Crippen LogP contribution in [0, 0.1) is 17.8 Å². The molecule has 3 atom stereocenters. The van der Waals surface area contributed by atoms with E-state index in [1.54, 1.807) is 17.8 Å². The molecule has 1 aromatic heterocycles. The van der Waals surface area contributed by atoms with E-state index in [0.717, 1.165) is 22.9 Å². The SMILES string of the molecule is Cn1ccc2c(NC(=O)CC3CC4CC[C@H]3C4)cccc2c1=O. The number of nitrogens with one attached hydrogen (secondary N) is 1. The van der Waals surface area contributed by atoms with Crippen molar-refractivity contribution in [2.24, 2.45) is 24.8 Å². The van der Waals surface area contributed by atoms with Gasteiger partial charge in [-0.05, 0) is 55.2 Å². The van der Waals surface area contributed by atoms with Crippen LogP contribution in [0.5, 0.6) is 0 Å². The minimum atomic E-state index is -0.0355. The highest BCUT2D eigenvalue weighted by molar-refractivity contribution is 6.01. The number of amides is 1. The molecule has 0 saturated heterocycles. The van der Waals surface area contributed by atoms with Crippen LogP contribution in [0.2, 0.25) is 0 Å². The molecule has 2 bridgehead atoms. The lowest BCUT2D eigenvalue weighted by atomic mass is 9.86. The number of aromatic nitrogens is 1. The first-order chi connectivity index (χ1) is 11.1. The van der Waals surface area contributed by atoms with E-state index in [4.69, 9.17) is 0 Å². The maximum Gasteiger partial charge on any atom is 0.258 e. The highest BCUT2D eigenvalue weighted by Crippen LogP contribution is 2.49. The fourth-order valence-electron chi connectivity index (χ4n) is 4.55. The smallest absolute Gasteiger partial charge is 0.258 e. The summed E-state index contributed by atoms with van der Waals surface area (Å²) in [5.41, 5.74) is 0.708. The molecule has 4 rings (SSSR count). The van der Waals surface area contributed by atoms with Crippen LogP contribution >= 0.6 is 0 Å². The van der Waals surface area contributed by atoms with Crippen LogP contribution in [0.3, 0.4) is 0 Å². The summed E-state index contributed by atoms with van der Waals surface area (Å²) in [5.74, 6) is 2.25. The van der Waals surface area contributed by atoms with E-state index in [1.807, 2.05) is 24.3 Å². The highest BCUT2D eigenvalue weighted by Gasteiger charge is 2.40. The zero-order valence-electron chi connectivity index (χ0n) is 13.4. The maximum atomic E-state index is 12.4. The van der Waals surface area contributed by atoms with Gasteiger partial charge in [0.15, 0.2) is 0 Å². The predicted molar refractivity (Wildman–Crippen MR) is 91.4 cm³/mol. The molecule has 4 heteroatoms. The molecule has 23 heavy (non-hydrogen) atoms. The first-order valence-electron chi connectivity index (χ1n) is 8.50. The largest absolute Gasteiger partial charge is 0.326 e. The van der Waals surface area contributed by atoms with Crippen molar-refractivity contribution in [3.63, 3.8) is 0 Å². The van der Waals surface area contributed by atoms with Crippen LogP contribution < -0.4 is 10.9 Å². The number of anilines is 1. The van der Waals surface area contributed by atoms with Crippen LogP contribution in [0.15, 0.2) is 35.3 Å². The van der Waals surface area contributed by atoms with Gasteiger partial charge in [0.2, 0.25) is 5.91 Å². The average molecular weight is 310 g/mol. The first kappa shape index (κ1) is 14.5. The van der Waals surface area contributed by atoms with Gasteiger partial charge in [-0.15, -0.1) is 0 Å². The average Bonchev–Trinajstić information content (AvgIpc) is 3.14. The van der Waals surface area contributed by atoms with Crippen LogP contribution in [-0.4, -0.2) is 10.5 Å². The lowest BCUT2D eigenvalue weighted by Crippen LogP contribution is -2.21. The van der Waals surface area contributed by atoms with Gasteiger partial charge in [0.05, 0.1) is 0 Å². The monoisotopic (exact) mass is 310 g/mol. The van der Waals surface area contributed by atoms with Gasteiger partial charge in [-0.1, -0.05) is 12.5 Å². The van der Waals surface area contributed by atoms with Crippen molar-refractivity contribution in [1.82, 2.24) is 4.57 Å². The summed E-state index contributed by atoms with van der Waals surface area (Å²) in [5, 5.41) is 4.49. The van der Waals surface area contributed by atoms with Crippen molar-refractivity contribution < 1.29 is 4.79 Å².